The molecule has 1 unspecified atom stereocenters. The van der Waals surface area contributed by atoms with E-state index in [0.29, 0.717) is 10.6 Å². The first kappa shape index (κ1) is 15.4. The minimum atomic E-state index is -0.0889. The van der Waals surface area contributed by atoms with Crippen molar-refractivity contribution in [3.05, 3.63) is 64.7 Å². The molecule has 0 heterocycles. The van der Waals surface area contributed by atoms with E-state index in [-0.39, 0.29) is 11.9 Å². The fourth-order valence-corrected chi connectivity index (χ4v) is 2.26. The number of benzene rings is 2. The summed E-state index contributed by atoms with van der Waals surface area (Å²) in [7, 11) is 0. The van der Waals surface area contributed by atoms with Gasteiger partial charge in [0.25, 0.3) is 5.91 Å². The Labute approximate surface area is 130 Å². The molecule has 0 fully saturated rings. The van der Waals surface area contributed by atoms with Crippen LogP contribution in [0, 0.1) is 0 Å². The van der Waals surface area contributed by atoms with E-state index >= 15 is 0 Å². The number of carbonyl (C=O) groups excluding carboxylic acids is 1. The lowest BCUT2D eigenvalue weighted by Crippen LogP contribution is -2.27. The molecule has 2 N–H and O–H groups in total. The van der Waals surface area contributed by atoms with Gasteiger partial charge >= 0.3 is 0 Å². The first-order valence-electron chi connectivity index (χ1n) is 7.01. The van der Waals surface area contributed by atoms with Crippen molar-refractivity contribution in [3.8, 4) is 0 Å². The van der Waals surface area contributed by atoms with E-state index in [4.69, 9.17) is 11.6 Å². The van der Waals surface area contributed by atoms with E-state index in [2.05, 4.69) is 10.6 Å². The van der Waals surface area contributed by atoms with Crippen molar-refractivity contribution in [2.75, 3.05) is 11.9 Å². The summed E-state index contributed by atoms with van der Waals surface area (Å²) in [5.41, 5.74) is 2.52. The molecule has 110 valence electrons. The molecule has 0 spiro atoms. The van der Waals surface area contributed by atoms with Crippen LogP contribution in [-0.4, -0.2) is 12.5 Å². The number of halogens is 1. The Bertz CT molecular complexity index is 610. The zero-order valence-corrected chi connectivity index (χ0v) is 12.9. The molecule has 0 radical (unpaired) electrons. The maximum absolute atomic E-state index is 12.4. The average molecular weight is 303 g/mol. The van der Waals surface area contributed by atoms with Crippen LogP contribution in [-0.2, 0) is 0 Å². The van der Waals surface area contributed by atoms with Gasteiger partial charge in [-0.15, -0.1) is 0 Å². The van der Waals surface area contributed by atoms with Crippen LogP contribution in [0.15, 0.2) is 48.5 Å². The summed E-state index contributed by atoms with van der Waals surface area (Å²) >= 11 is 5.88. The molecule has 0 aliphatic carbocycles. The first-order valence-corrected chi connectivity index (χ1v) is 7.39. The number of hydrogen-bond donors (Lipinski definition) is 2. The van der Waals surface area contributed by atoms with Gasteiger partial charge in [-0.2, -0.15) is 0 Å². The highest BCUT2D eigenvalue weighted by molar-refractivity contribution is 6.30. The molecule has 0 saturated carbocycles. The molecule has 0 aromatic heterocycles. The zero-order chi connectivity index (χ0) is 15.2. The van der Waals surface area contributed by atoms with Crippen molar-refractivity contribution in [1.82, 2.24) is 5.32 Å². The molecule has 0 saturated heterocycles. The number of anilines is 1. The summed E-state index contributed by atoms with van der Waals surface area (Å²) in [5, 5.41) is 6.90. The topological polar surface area (TPSA) is 41.1 Å². The minimum Gasteiger partial charge on any atom is -0.385 e. The Kier molecular flexibility index (Phi) is 5.23. The molecule has 2 aromatic carbocycles. The van der Waals surface area contributed by atoms with E-state index in [1.54, 1.807) is 0 Å². The average Bonchev–Trinajstić information content (AvgIpc) is 2.48. The Morgan fingerprint density at radius 2 is 1.81 bits per heavy atom. The number of para-hydroxylation sites is 1. The number of amides is 1. The van der Waals surface area contributed by atoms with Crippen LogP contribution in [0.2, 0.25) is 5.02 Å². The van der Waals surface area contributed by atoms with Crippen molar-refractivity contribution in [1.29, 1.82) is 0 Å². The number of nitrogens with one attached hydrogen (secondary N) is 2. The third-order valence-electron chi connectivity index (χ3n) is 3.26. The molecule has 1 atom stereocenters. The minimum absolute atomic E-state index is 0.0792. The van der Waals surface area contributed by atoms with E-state index in [1.165, 1.54) is 0 Å². The van der Waals surface area contributed by atoms with Gasteiger partial charge in [0.15, 0.2) is 0 Å². The maximum atomic E-state index is 12.4. The molecule has 21 heavy (non-hydrogen) atoms. The van der Waals surface area contributed by atoms with Gasteiger partial charge in [-0.3, -0.25) is 4.79 Å². The smallest absolute Gasteiger partial charge is 0.253 e. The van der Waals surface area contributed by atoms with Crippen molar-refractivity contribution in [2.24, 2.45) is 0 Å². The van der Waals surface area contributed by atoms with Gasteiger partial charge in [-0.05, 0) is 43.7 Å². The van der Waals surface area contributed by atoms with Crippen LogP contribution in [0.1, 0.15) is 35.8 Å². The second-order valence-electron chi connectivity index (χ2n) is 4.82. The first-order chi connectivity index (χ1) is 10.1. The van der Waals surface area contributed by atoms with E-state index in [1.807, 2.05) is 62.4 Å². The van der Waals surface area contributed by atoms with E-state index < -0.39 is 0 Å². The SMILES string of the molecule is CCNc1ccccc1C(=O)NC(C)c1ccc(Cl)cc1. The third-order valence-corrected chi connectivity index (χ3v) is 3.51. The highest BCUT2D eigenvalue weighted by Gasteiger charge is 2.14. The quantitative estimate of drug-likeness (QED) is 0.866. The van der Waals surface area contributed by atoms with Crippen LogP contribution in [0.25, 0.3) is 0 Å². The molecule has 3 nitrogen and oxygen atoms in total. The highest BCUT2D eigenvalue weighted by Crippen LogP contribution is 2.19. The Morgan fingerprint density at radius 1 is 1.14 bits per heavy atom. The standard InChI is InChI=1S/C17H19ClN2O/c1-3-19-16-7-5-4-6-15(16)17(21)20-12(2)13-8-10-14(18)11-9-13/h4-12,19H,3H2,1-2H3,(H,20,21). The molecule has 2 aromatic rings. The van der Waals surface area contributed by atoms with Crippen molar-refractivity contribution < 1.29 is 4.79 Å². The van der Waals surface area contributed by atoms with Crippen molar-refractivity contribution in [3.63, 3.8) is 0 Å². The summed E-state index contributed by atoms with van der Waals surface area (Å²) in [6.07, 6.45) is 0. The van der Waals surface area contributed by atoms with Crippen LogP contribution in [0.5, 0.6) is 0 Å². The second-order valence-corrected chi connectivity index (χ2v) is 5.26. The molecule has 0 aliphatic heterocycles. The summed E-state index contributed by atoms with van der Waals surface area (Å²) in [5.74, 6) is -0.0889. The predicted octanol–water partition coefficient (Wildman–Crippen LogP) is 4.26. The van der Waals surface area contributed by atoms with Crippen LogP contribution in [0.3, 0.4) is 0 Å². The Morgan fingerprint density at radius 3 is 2.48 bits per heavy atom. The highest BCUT2D eigenvalue weighted by atomic mass is 35.5. The summed E-state index contributed by atoms with van der Waals surface area (Å²) in [6.45, 7) is 4.74. The van der Waals surface area contributed by atoms with Crippen molar-refractivity contribution >= 4 is 23.2 Å². The lowest BCUT2D eigenvalue weighted by Gasteiger charge is -2.16. The molecule has 1 amide bonds. The van der Waals surface area contributed by atoms with E-state index in [0.717, 1.165) is 17.8 Å². The van der Waals surface area contributed by atoms with Gasteiger partial charge in [-0.25, -0.2) is 0 Å². The lowest BCUT2D eigenvalue weighted by atomic mass is 10.1. The number of rotatable bonds is 5. The van der Waals surface area contributed by atoms with Gasteiger partial charge in [-0.1, -0.05) is 35.9 Å². The number of carbonyl (C=O) groups is 1. The Balaban J connectivity index is 2.12. The molecular weight excluding hydrogens is 284 g/mol. The molecule has 0 bridgehead atoms. The normalized spacial score (nSPS) is 11.8. The van der Waals surface area contributed by atoms with Gasteiger partial charge in [0.2, 0.25) is 0 Å². The zero-order valence-electron chi connectivity index (χ0n) is 12.2. The Hall–Kier alpha value is -2.00. The van der Waals surface area contributed by atoms with Crippen LogP contribution >= 0.6 is 11.6 Å². The summed E-state index contributed by atoms with van der Waals surface area (Å²) in [4.78, 5) is 12.4. The molecule has 4 heteroatoms. The van der Waals surface area contributed by atoms with Gasteiger partial charge < -0.3 is 10.6 Å². The summed E-state index contributed by atoms with van der Waals surface area (Å²) in [6, 6.07) is 14.9. The van der Waals surface area contributed by atoms with Crippen LogP contribution in [0.4, 0.5) is 5.69 Å². The second kappa shape index (κ2) is 7.14. The fourth-order valence-electron chi connectivity index (χ4n) is 2.13. The summed E-state index contributed by atoms with van der Waals surface area (Å²) < 4.78 is 0. The lowest BCUT2D eigenvalue weighted by molar-refractivity contribution is 0.0940. The van der Waals surface area contributed by atoms with Crippen LogP contribution < -0.4 is 10.6 Å². The molecule has 2 rings (SSSR count). The predicted molar refractivity (Wildman–Crippen MR) is 87.9 cm³/mol. The number of hydrogen-bond acceptors (Lipinski definition) is 2. The van der Waals surface area contributed by atoms with Gasteiger partial charge in [0.05, 0.1) is 11.6 Å². The maximum Gasteiger partial charge on any atom is 0.253 e. The monoisotopic (exact) mass is 302 g/mol. The molecular formula is C17H19ClN2O. The fraction of sp³-hybridized carbons (Fsp3) is 0.235. The van der Waals surface area contributed by atoms with Gasteiger partial charge in [0.1, 0.15) is 0 Å². The third kappa shape index (κ3) is 3.99. The molecule has 0 aliphatic rings. The van der Waals surface area contributed by atoms with E-state index in [9.17, 15) is 4.79 Å². The van der Waals surface area contributed by atoms with Gasteiger partial charge in [0, 0.05) is 17.3 Å². The van der Waals surface area contributed by atoms with Crippen molar-refractivity contribution in [2.45, 2.75) is 19.9 Å². The largest absolute Gasteiger partial charge is 0.385 e.